The molecule has 1 N–H and O–H groups in total. The van der Waals surface area contributed by atoms with Crippen LogP contribution in [-0.4, -0.2) is 11.5 Å². The van der Waals surface area contributed by atoms with Gasteiger partial charge in [-0.1, -0.05) is 25.8 Å². The fourth-order valence-corrected chi connectivity index (χ4v) is 1.40. The second kappa shape index (κ2) is 6.97. The van der Waals surface area contributed by atoms with Gasteiger partial charge in [0, 0.05) is 18.3 Å². The smallest absolute Gasteiger partial charge is 0.144 e. The molecule has 0 saturated carbocycles. The van der Waals surface area contributed by atoms with Gasteiger partial charge in [-0.05, 0) is 19.0 Å². The molecule has 0 atom stereocenters. The van der Waals surface area contributed by atoms with Gasteiger partial charge < -0.3 is 5.32 Å². The Hall–Kier alpha value is -1.40. The van der Waals surface area contributed by atoms with Crippen molar-refractivity contribution in [2.24, 2.45) is 0 Å². The fourth-order valence-electron chi connectivity index (χ4n) is 1.40. The predicted molar refractivity (Wildman–Crippen MR) is 60.2 cm³/mol. The Kier molecular flexibility index (Phi) is 5.42. The third-order valence-corrected chi connectivity index (χ3v) is 2.27. The van der Waals surface area contributed by atoms with E-state index in [0.717, 1.165) is 18.7 Å². The van der Waals surface area contributed by atoms with Gasteiger partial charge in [-0.15, -0.1) is 0 Å². The maximum atomic E-state index is 8.82. The van der Waals surface area contributed by atoms with Crippen molar-refractivity contribution >= 4 is 0 Å². The summed E-state index contributed by atoms with van der Waals surface area (Å²) in [4.78, 5) is 4.01. The lowest BCUT2D eigenvalue weighted by molar-refractivity contribution is 0.615. The molecule has 0 bridgehead atoms. The van der Waals surface area contributed by atoms with Gasteiger partial charge in [0.2, 0.25) is 0 Å². The summed E-state index contributed by atoms with van der Waals surface area (Å²) in [6, 6.07) is 5.90. The minimum atomic E-state index is 0.528. The van der Waals surface area contributed by atoms with E-state index in [0.29, 0.717) is 5.69 Å². The molecule has 80 valence electrons. The third-order valence-electron chi connectivity index (χ3n) is 2.27. The molecule has 0 aliphatic rings. The minimum absolute atomic E-state index is 0.528. The van der Waals surface area contributed by atoms with Crippen LogP contribution in [0.25, 0.3) is 0 Å². The Balaban J connectivity index is 2.34. The SMILES string of the molecule is CCCCCNCc1cccnc1C#N. The second-order valence-corrected chi connectivity index (χ2v) is 3.51. The van der Waals surface area contributed by atoms with Crippen molar-refractivity contribution in [2.45, 2.75) is 32.7 Å². The van der Waals surface area contributed by atoms with E-state index in [1.165, 1.54) is 19.3 Å². The zero-order valence-electron chi connectivity index (χ0n) is 9.16. The summed E-state index contributed by atoms with van der Waals surface area (Å²) in [7, 11) is 0. The van der Waals surface area contributed by atoms with Gasteiger partial charge in [0.05, 0.1) is 0 Å². The van der Waals surface area contributed by atoms with Crippen LogP contribution in [0.1, 0.15) is 37.4 Å². The Bertz CT molecular complexity index is 328. The number of aromatic nitrogens is 1. The molecule has 1 rings (SSSR count). The molecule has 0 unspecified atom stereocenters. The Morgan fingerprint density at radius 3 is 3.07 bits per heavy atom. The van der Waals surface area contributed by atoms with Crippen molar-refractivity contribution in [1.82, 2.24) is 10.3 Å². The summed E-state index contributed by atoms with van der Waals surface area (Å²) in [5, 5.41) is 12.1. The van der Waals surface area contributed by atoms with Gasteiger partial charge in [0.1, 0.15) is 11.8 Å². The number of pyridine rings is 1. The van der Waals surface area contributed by atoms with Crippen molar-refractivity contribution in [2.75, 3.05) is 6.54 Å². The third kappa shape index (κ3) is 4.09. The Morgan fingerprint density at radius 2 is 2.33 bits per heavy atom. The van der Waals surface area contributed by atoms with Crippen LogP contribution in [0.5, 0.6) is 0 Å². The topological polar surface area (TPSA) is 48.7 Å². The van der Waals surface area contributed by atoms with Gasteiger partial charge in [-0.2, -0.15) is 5.26 Å². The van der Waals surface area contributed by atoms with Crippen LogP contribution < -0.4 is 5.32 Å². The zero-order valence-corrected chi connectivity index (χ0v) is 9.16. The molecule has 0 aliphatic heterocycles. The lowest BCUT2D eigenvalue weighted by Gasteiger charge is -2.04. The summed E-state index contributed by atoms with van der Waals surface area (Å²) in [5.74, 6) is 0. The van der Waals surface area contributed by atoms with Crippen molar-refractivity contribution < 1.29 is 0 Å². The molecule has 0 fully saturated rings. The number of nitrogens with one attached hydrogen (secondary N) is 1. The highest BCUT2D eigenvalue weighted by Crippen LogP contribution is 2.03. The molecule has 0 aliphatic carbocycles. The highest BCUT2D eigenvalue weighted by molar-refractivity contribution is 5.30. The van der Waals surface area contributed by atoms with Crippen molar-refractivity contribution in [1.29, 1.82) is 5.26 Å². The second-order valence-electron chi connectivity index (χ2n) is 3.51. The highest BCUT2D eigenvalue weighted by atomic mass is 14.9. The Morgan fingerprint density at radius 1 is 1.47 bits per heavy atom. The maximum Gasteiger partial charge on any atom is 0.144 e. The molecule has 1 aromatic rings. The van der Waals surface area contributed by atoms with Crippen LogP contribution in [-0.2, 0) is 6.54 Å². The number of nitrogens with zero attached hydrogens (tertiary/aromatic N) is 2. The molecule has 0 amide bonds. The predicted octanol–water partition coefficient (Wildman–Crippen LogP) is 2.23. The molecule has 0 saturated heterocycles. The maximum absolute atomic E-state index is 8.82. The normalized spacial score (nSPS) is 9.87. The van der Waals surface area contributed by atoms with Crippen LogP contribution in [0.2, 0.25) is 0 Å². The summed E-state index contributed by atoms with van der Waals surface area (Å²) in [6.07, 6.45) is 5.33. The van der Waals surface area contributed by atoms with Crippen LogP contribution in [0.4, 0.5) is 0 Å². The number of hydrogen-bond acceptors (Lipinski definition) is 3. The number of hydrogen-bond donors (Lipinski definition) is 1. The fraction of sp³-hybridized carbons (Fsp3) is 0.500. The highest BCUT2D eigenvalue weighted by Gasteiger charge is 2.00. The van der Waals surface area contributed by atoms with E-state index >= 15 is 0 Å². The van der Waals surface area contributed by atoms with Crippen molar-refractivity contribution in [3.63, 3.8) is 0 Å². The van der Waals surface area contributed by atoms with Crippen LogP contribution in [0.3, 0.4) is 0 Å². The zero-order chi connectivity index (χ0) is 10.9. The first kappa shape index (κ1) is 11.7. The first-order valence-corrected chi connectivity index (χ1v) is 5.43. The molecule has 3 heteroatoms. The summed E-state index contributed by atoms with van der Waals surface area (Å²) >= 11 is 0. The summed E-state index contributed by atoms with van der Waals surface area (Å²) in [5.41, 5.74) is 1.51. The van der Waals surface area contributed by atoms with Gasteiger partial charge in [0.15, 0.2) is 0 Å². The Labute approximate surface area is 91.1 Å². The molecule has 0 spiro atoms. The average Bonchev–Trinajstić information content (AvgIpc) is 2.29. The van der Waals surface area contributed by atoms with E-state index in [9.17, 15) is 0 Å². The standard InChI is InChI=1S/C12H17N3/c1-2-3-4-7-14-10-11-6-5-8-15-12(11)9-13/h5-6,8,14H,2-4,7,10H2,1H3. The lowest BCUT2D eigenvalue weighted by Crippen LogP contribution is -2.15. The average molecular weight is 203 g/mol. The lowest BCUT2D eigenvalue weighted by atomic mass is 10.2. The molecule has 15 heavy (non-hydrogen) atoms. The molecular formula is C12H17N3. The van der Waals surface area contributed by atoms with Gasteiger partial charge in [-0.3, -0.25) is 0 Å². The van der Waals surface area contributed by atoms with Gasteiger partial charge in [0.25, 0.3) is 0 Å². The molecule has 1 heterocycles. The van der Waals surface area contributed by atoms with E-state index in [4.69, 9.17) is 5.26 Å². The quantitative estimate of drug-likeness (QED) is 0.721. The van der Waals surface area contributed by atoms with Crippen molar-refractivity contribution in [3.05, 3.63) is 29.6 Å². The van der Waals surface area contributed by atoms with E-state index in [2.05, 4.69) is 23.3 Å². The molecule has 1 aromatic heterocycles. The van der Waals surface area contributed by atoms with Crippen LogP contribution in [0, 0.1) is 11.3 Å². The summed E-state index contributed by atoms with van der Waals surface area (Å²) < 4.78 is 0. The van der Waals surface area contributed by atoms with Crippen molar-refractivity contribution in [3.8, 4) is 6.07 Å². The number of nitriles is 1. The number of rotatable bonds is 6. The van der Waals surface area contributed by atoms with E-state index in [1.54, 1.807) is 6.20 Å². The molecule has 0 aromatic carbocycles. The molecule has 0 radical (unpaired) electrons. The van der Waals surface area contributed by atoms with E-state index in [-0.39, 0.29) is 0 Å². The van der Waals surface area contributed by atoms with E-state index < -0.39 is 0 Å². The monoisotopic (exact) mass is 203 g/mol. The molecular weight excluding hydrogens is 186 g/mol. The van der Waals surface area contributed by atoms with E-state index in [1.807, 2.05) is 12.1 Å². The summed E-state index contributed by atoms with van der Waals surface area (Å²) in [6.45, 7) is 3.93. The number of unbranched alkanes of at least 4 members (excludes halogenated alkanes) is 2. The van der Waals surface area contributed by atoms with Crippen LogP contribution >= 0.6 is 0 Å². The largest absolute Gasteiger partial charge is 0.313 e. The first-order valence-electron chi connectivity index (χ1n) is 5.43. The first-order chi connectivity index (χ1) is 7.38. The van der Waals surface area contributed by atoms with Gasteiger partial charge >= 0.3 is 0 Å². The van der Waals surface area contributed by atoms with Gasteiger partial charge in [-0.25, -0.2) is 4.98 Å². The van der Waals surface area contributed by atoms with Crippen LogP contribution in [0.15, 0.2) is 18.3 Å². The molecule has 3 nitrogen and oxygen atoms in total. The minimum Gasteiger partial charge on any atom is -0.313 e.